The van der Waals surface area contributed by atoms with Gasteiger partial charge in [0, 0.05) is 12.3 Å². The topological polar surface area (TPSA) is 84.8 Å². The molecule has 0 saturated heterocycles. The van der Waals surface area contributed by atoms with Crippen LogP contribution in [0.2, 0.25) is 0 Å². The molecule has 3 rings (SSSR count). The lowest BCUT2D eigenvalue weighted by molar-refractivity contribution is 0.0560. The first-order valence-corrected chi connectivity index (χ1v) is 6.71. The summed E-state index contributed by atoms with van der Waals surface area (Å²) in [7, 11) is 1.57. The zero-order chi connectivity index (χ0) is 16.4. The molecular weight excluding hydrogens is 308 g/mol. The van der Waals surface area contributed by atoms with Crippen molar-refractivity contribution in [2.45, 2.75) is 13.1 Å². The van der Waals surface area contributed by atoms with Gasteiger partial charge in [0.1, 0.15) is 17.3 Å². The highest BCUT2D eigenvalue weighted by Gasteiger charge is 2.13. The third-order valence-corrected chi connectivity index (χ3v) is 3.20. The van der Waals surface area contributed by atoms with Gasteiger partial charge in [-0.05, 0) is 18.2 Å². The highest BCUT2D eigenvalue weighted by Crippen LogP contribution is 2.18. The smallest absolute Gasteiger partial charge is 0.333 e. The Balaban J connectivity index is 1.68. The normalized spacial score (nSPS) is 11.1. The van der Waals surface area contributed by atoms with E-state index in [2.05, 4.69) is 20.4 Å². The van der Waals surface area contributed by atoms with E-state index in [1.54, 1.807) is 25.3 Å². The quantitative estimate of drug-likeness (QED) is 0.753. The molecule has 0 saturated carbocycles. The predicted molar refractivity (Wildman–Crippen MR) is 77.3 cm³/mol. The van der Waals surface area contributed by atoms with Crippen LogP contribution in [0.15, 0.2) is 30.5 Å². The molecule has 120 valence electrons. The van der Waals surface area contributed by atoms with E-state index in [0.29, 0.717) is 16.3 Å². The van der Waals surface area contributed by atoms with Crippen molar-refractivity contribution >= 4 is 16.9 Å². The molecule has 0 unspecified atom stereocenters. The van der Waals surface area contributed by atoms with Crippen LogP contribution in [0.4, 0.5) is 8.78 Å². The molecule has 0 aliphatic heterocycles. The summed E-state index contributed by atoms with van der Waals surface area (Å²) in [6.45, 7) is -2.65. The van der Waals surface area contributed by atoms with Crippen LogP contribution in [0, 0.1) is 0 Å². The Labute approximate surface area is 129 Å². The lowest BCUT2D eigenvalue weighted by Gasteiger charge is -2.00. The first-order chi connectivity index (χ1) is 11.1. The molecular formula is C14H13F2N5O2. The second-order valence-electron chi connectivity index (χ2n) is 4.71. The number of carbonyl (C=O) groups is 1. The van der Waals surface area contributed by atoms with Crippen molar-refractivity contribution in [2.75, 3.05) is 7.11 Å². The summed E-state index contributed by atoms with van der Waals surface area (Å²) in [5.41, 5.74) is 1.43. The molecule has 0 fully saturated rings. The Kier molecular flexibility index (Phi) is 3.92. The molecule has 9 heteroatoms. The summed E-state index contributed by atoms with van der Waals surface area (Å²) in [5.74, 6) is 0.673. The van der Waals surface area contributed by atoms with Crippen LogP contribution in [0.3, 0.4) is 0 Å². The molecule has 0 spiro atoms. The molecule has 0 bridgehead atoms. The van der Waals surface area contributed by atoms with E-state index in [1.165, 1.54) is 6.07 Å². The number of amides is 1. The second kappa shape index (κ2) is 6.03. The van der Waals surface area contributed by atoms with Gasteiger partial charge in [-0.2, -0.15) is 13.9 Å². The van der Waals surface area contributed by atoms with Crippen LogP contribution in [-0.4, -0.2) is 32.8 Å². The lowest BCUT2D eigenvalue weighted by atomic mass is 10.3. The van der Waals surface area contributed by atoms with Gasteiger partial charge in [0.25, 0.3) is 5.91 Å². The number of hydrogen-bond acceptors (Lipinski definition) is 4. The minimum Gasteiger partial charge on any atom is -0.497 e. The van der Waals surface area contributed by atoms with Crippen LogP contribution in [0.25, 0.3) is 11.0 Å². The lowest BCUT2D eigenvalue weighted by Crippen LogP contribution is -2.24. The zero-order valence-corrected chi connectivity index (χ0v) is 12.1. The second-order valence-corrected chi connectivity index (χ2v) is 4.71. The summed E-state index contributed by atoms with van der Waals surface area (Å²) in [5, 5.41) is 6.07. The third-order valence-electron chi connectivity index (χ3n) is 3.20. The van der Waals surface area contributed by atoms with Crippen LogP contribution in [-0.2, 0) is 6.54 Å². The number of carbonyl (C=O) groups excluding carboxylic acids is 1. The fraction of sp³-hybridized carbons (Fsp3) is 0.214. The number of methoxy groups -OCH3 is 1. The monoisotopic (exact) mass is 321 g/mol. The number of halogens is 2. The third kappa shape index (κ3) is 3.12. The van der Waals surface area contributed by atoms with Gasteiger partial charge in [-0.15, -0.1) is 0 Å². The van der Waals surface area contributed by atoms with E-state index in [0.717, 1.165) is 17.2 Å². The molecule has 0 radical (unpaired) electrons. The molecule has 23 heavy (non-hydrogen) atoms. The van der Waals surface area contributed by atoms with Gasteiger partial charge in [-0.1, -0.05) is 0 Å². The Morgan fingerprint density at radius 1 is 1.43 bits per heavy atom. The van der Waals surface area contributed by atoms with Gasteiger partial charge in [-0.25, -0.2) is 9.67 Å². The molecule has 0 atom stereocenters. The minimum absolute atomic E-state index is 0.0805. The molecule has 2 aromatic heterocycles. The number of nitrogens with one attached hydrogen (secondary N) is 2. The number of fused-ring (bicyclic) bond motifs is 1. The summed E-state index contributed by atoms with van der Waals surface area (Å²) in [6, 6.07) is 6.59. The SMILES string of the molecule is COc1ccc2nc(CNC(=O)c3ccn(C(F)F)n3)[nH]c2c1. The van der Waals surface area contributed by atoms with E-state index in [9.17, 15) is 13.6 Å². The Hall–Kier alpha value is -2.97. The maximum atomic E-state index is 12.4. The number of imidazole rings is 1. The van der Waals surface area contributed by atoms with E-state index in [4.69, 9.17) is 4.74 Å². The largest absolute Gasteiger partial charge is 0.497 e. The molecule has 0 aliphatic carbocycles. The van der Waals surface area contributed by atoms with Crippen LogP contribution in [0.5, 0.6) is 5.75 Å². The molecule has 2 heterocycles. The number of aromatic amines is 1. The fourth-order valence-corrected chi connectivity index (χ4v) is 2.07. The van der Waals surface area contributed by atoms with Crippen LogP contribution < -0.4 is 10.1 Å². The first kappa shape index (κ1) is 14.9. The number of alkyl halides is 2. The highest BCUT2D eigenvalue weighted by molar-refractivity contribution is 5.92. The summed E-state index contributed by atoms with van der Waals surface area (Å²) >= 11 is 0. The van der Waals surface area contributed by atoms with Crippen LogP contribution >= 0.6 is 0 Å². The van der Waals surface area contributed by atoms with E-state index in [-0.39, 0.29) is 12.2 Å². The summed E-state index contributed by atoms with van der Waals surface area (Å²) < 4.78 is 30.4. The summed E-state index contributed by atoms with van der Waals surface area (Å²) in [6.07, 6.45) is 1.05. The fourth-order valence-electron chi connectivity index (χ4n) is 2.07. The average Bonchev–Trinajstić information content (AvgIpc) is 3.18. The van der Waals surface area contributed by atoms with Gasteiger partial charge in [-0.3, -0.25) is 4.79 Å². The van der Waals surface area contributed by atoms with E-state index >= 15 is 0 Å². The minimum atomic E-state index is -2.78. The standard InChI is InChI=1S/C14H13F2N5O2/c1-23-8-2-3-9-11(6-8)19-12(18-9)7-17-13(22)10-4-5-21(20-10)14(15)16/h2-6,14H,7H2,1H3,(H,17,22)(H,18,19). The van der Waals surface area contributed by atoms with Gasteiger partial charge in [0.2, 0.25) is 0 Å². The number of benzene rings is 1. The van der Waals surface area contributed by atoms with Gasteiger partial charge >= 0.3 is 6.55 Å². The summed E-state index contributed by atoms with van der Waals surface area (Å²) in [4.78, 5) is 19.2. The number of aromatic nitrogens is 4. The maximum absolute atomic E-state index is 12.4. The van der Waals surface area contributed by atoms with Crippen LogP contribution in [0.1, 0.15) is 22.9 Å². The van der Waals surface area contributed by atoms with Crippen molar-refractivity contribution < 1.29 is 18.3 Å². The Morgan fingerprint density at radius 3 is 2.96 bits per heavy atom. The molecule has 1 amide bonds. The van der Waals surface area contributed by atoms with E-state index in [1.807, 2.05) is 0 Å². The number of nitrogens with zero attached hydrogens (tertiary/aromatic N) is 3. The number of ether oxygens (including phenoxy) is 1. The molecule has 0 aliphatic rings. The Morgan fingerprint density at radius 2 is 2.26 bits per heavy atom. The van der Waals surface area contributed by atoms with E-state index < -0.39 is 12.5 Å². The maximum Gasteiger partial charge on any atom is 0.333 e. The van der Waals surface area contributed by atoms with Crippen molar-refractivity contribution in [1.29, 1.82) is 0 Å². The average molecular weight is 321 g/mol. The number of hydrogen-bond donors (Lipinski definition) is 2. The number of rotatable bonds is 5. The molecule has 3 aromatic rings. The van der Waals surface area contributed by atoms with Crippen molar-refractivity contribution in [3.8, 4) is 5.75 Å². The zero-order valence-electron chi connectivity index (χ0n) is 12.1. The van der Waals surface area contributed by atoms with Crippen molar-refractivity contribution in [3.63, 3.8) is 0 Å². The van der Waals surface area contributed by atoms with Gasteiger partial charge in [0.15, 0.2) is 0 Å². The van der Waals surface area contributed by atoms with Crippen molar-refractivity contribution in [1.82, 2.24) is 25.1 Å². The molecule has 2 N–H and O–H groups in total. The number of H-pyrrole nitrogens is 1. The highest BCUT2D eigenvalue weighted by atomic mass is 19.3. The van der Waals surface area contributed by atoms with Crippen molar-refractivity contribution in [2.24, 2.45) is 0 Å². The molecule has 1 aromatic carbocycles. The van der Waals surface area contributed by atoms with Gasteiger partial charge in [0.05, 0.1) is 24.7 Å². The Bertz CT molecular complexity index is 843. The van der Waals surface area contributed by atoms with Gasteiger partial charge < -0.3 is 15.0 Å². The molecule has 7 nitrogen and oxygen atoms in total. The first-order valence-electron chi connectivity index (χ1n) is 6.71. The van der Waals surface area contributed by atoms with Crippen molar-refractivity contribution in [3.05, 3.63) is 42.0 Å². The predicted octanol–water partition coefficient (Wildman–Crippen LogP) is 2.09.